The molecule has 0 radical (unpaired) electrons. The fourth-order valence-corrected chi connectivity index (χ4v) is 3.13. The Labute approximate surface area is 173 Å². The van der Waals surface area contributed by atoms with Gasteiger partial charge in [-0.2, -0.15) is 0 Å². The monoisotopic (exact) mass is 420 g/mol. The molecule has 0 spiro atoms. The number of nitrogens with one attached hydrogen (secondary N) is 1. The molecule has 1 aromatic rings. The largest absolute Gasteiger partial charge is 0.444 e. The molecule has 0 aliphatic heterocycles. The zero-order valence-corrected chi connectivity index (χ0v) is 17.2. The van der Waals surface area contributed by atoms with Gasteiger partial charge < -0.3 is 15.0 Å². The van der Waals surface area contributed by atoms with Crippen molar-refractivity contribution in [2.75, 3.05) is 7.05 Å². The van der Waals surface area contributed by atoms with Crippen LogP contribution in [0.2, 0.25) is 0 Å². The van der Waals surface area contributed by atoms with Crippen LogP contribution in [-0.4, -0.2) is 51.5 Å². The smallest absolute Gasteiger partial charge is 0.407 e. The van der Waals surface area contributed by atoms with Crippen LogP contribution in [-0.2, 0) is 4.74 Å². The van der Waals surface area contributed by atoms with E-state index in [-0.39, 0.29) is 5.56 Å². The Morgan fingerprint density at radius 1 is 1.07 bits per heavy atom. The Balaban J connectivity index is 2.26. The van der Waals surface area contributed by atoms with Crippen LogP contribution in [0.1, 0.15) is 44.0 Å². The number of nitro benzene ring substituents is 2. The van der Waals surface area contributed by atoms with E-state index in [0.29, 0.717) is 12.8 Å². The minimum atomic E-state index is -0.792. The highest BCUT2D eigenvalue weighted by Crippen LogP contribution is 2.26. The van der Waals surface area contributed by atoms with E-state index in [0.717, 1.165) is 18.2 Å². The summed E-state index contributed by atoms with van der Waals surface area (Å²) in [4.78, 5) is 47.1. The average molecular weight is 420 g/mol. The van der Waals surface area contributed by atoms with Crippen LogP contribution in [0.4, 0.5) is 16.2 Å². The Bertz CT molecular complexity index is 859. The van der Waals surface area contributed by atoms with Crippen molar-refractivity contribution in [2.24, 2.45) is 0 Å². The van der Waals surface area contributed by atoms with Crippen LogP contribution in [0.15, 0.2) is 30.4 Å². The highest BCUT2D eigenvalue weighted by molar-refractivity contribution is 5.95. The number of hydrogen-bond acceptors (Lipinski definition) is 7. The van der Waals surface area contributed by atoms with Crippen molar-refractivity contribution in [1.82, 2.24) is 10.2 Å². The molecular formula is C19H24N4O7. The molecule has 2 rings (SSSR count). The Morgan fingerprint density at radius 3 is 2.10 bits per heavy atom. The number of non-ortho nitro benzene ring substituents is 2. The lowest BCUT2D eigenvalue weighted by Crippen LogP contribution is -2.53. The van der Waals surface area contributed by atoms with E-state index in [2.05, 4.69) is 5.32 Å². The summed E-state index contributed by atoms with van der Waals surface area (Å²) in [5, 5.41) is 24.9. The van der Waals surface area contributed by atoms with Gasteiger partial charge in [0.05, 0.1) is 33.6 Å². The van der Waals surface area contributed by atoms with E-state index >= 15 is 0 Å². The molecule has 0 bridgehead atoms. The van der Waals surface area contributed by atoms with Crippen molar-refractivity contribution < 1.29 is 24.2 Å². The maximum atomic E-state index is 13.0. The molecule has 0 fully saturated rings. The quantitative estimate of drug-likeness (QED) is 0.437. The van der Waals surface area contributed by atoms with Crippen molar-refractivity contribution in [2.45, 2.75) is 51.3 Å². The second-order valence-corrected chi connectivity index (χ2v) is 7.93. The summed E-state index contributed by atoms with van der Waals surface area (Å²) in [5.41, 5.74) is -1.96. The van der Waals surface area contributed by atoms with E-state index in [1.54, 1.807) is 20.8 Å². The van der Waals surface area contributed by atoms with Gasteiger partial charge in [-0.1, -0.05) is 12.2 Å². The predicted octanol–water partition coefficient (Wildman–Crippen LogP) is 3.19. The van der Waals surface area contributed by atoms with E-state index in [1.165, 1.54) is 11.9 Å². The third kappa shape index (κ3) is 5.75. The summed E-state index contributed by atoms with van der Waals surface area (Å²) in [5.74, 6) is -0.627. The summed E-state index contributed by atoms with van der Waals surface area (Å²) in [6.45, 7) is 5.20. The fraction of sp³-hybridized carbons (Fsp3) is 0.474. The predicted molar refractivity (Wildman–Crippen MR) is 107 cm³/mol. The summed E-state index contributed by atoms with van der Waals surface area (Å²) in [6, 6.07) is 1.88. The van der Waals surface area contributed by atoms with E-state index in [9.17, 15) is 29.8 Å². The van der Waals surface area contributed by atoms with Crippen LogP contribution in [0.5, 0.6) is 0 Å². The van der Waals surface area contributed by atoms with Crippen molar-refractivity contribution in [1.29, 1.82) is 0 Å². The molecule has 0 unspecified atom stereocenters. The average Bonchev–Trinajstić information content (AvgIpc) is 2.65. The van der Waals surface area contributed by atoms with E-state index in [1.807, 2.05) is 12.2 Å². The topological polar surface area (TPSA) is 145 Å². The van der Waals surface area contributed by atoms with Crippen LogP contribution < -0.4 is 5.32 Å². The number of rotatable bonds is 5. The first kappa shape index (κ1) is 22.8. The molecule has 1 aliphatic carbocycles. The van der Waals surface area contributed by atoms with Gasteiger partial charge >= 0.3 is 6.09 Å². The maximum Gasteiger partial charge on any atom is 0.407 e. The van der Waals surface area contributed by atoms with Gasteiger partial charge in [0, 0.05) is 19.2 Å². The molecule has 1 N–H and O–H groups in total. The Morgan fingerprint density at radius 2 is 1.60 bits per heavy atom. The molecule has 1 aliphatic rings. The molecule has 1 aromatic carbocycles. The first-order valence-corrected chi connectivity index (χ1v) is 9.24. The number of benzene rings is 1. The minimum Gasteiger partial charge on any atom is -0.444 e. The van der Waals surface area contributed by atoms with Crippen LogP contribution in [0.25, 0.3) is 0 Å². The number of amides is 2. The SMILES string of the molecule is CN(C(=O)c1cc([N+](=O)[O-])cc([N+](=O)[O-])c1)[C@H]1CC=CC[C@@H]1NC(=O)OC(C)(C)C. The highest BCUT2D eigenvalue weighted by atomic mass is 16.6. The van der Waals surface area contributed by atoms with Gasteiger partial charge in [-0.05, 0) is 33.6 Å². The van der Waals surface area contributed by atoms with Gasteiger partial charge in [-0.15, -0.1) is 0 Å². The number of nitrogens with zero attached hydrogens (tertiary/aromatic N) is 3. The number of hydrogen-bond donors (Lipinski definition) is 1. The minimum absolute atomic E-state index is 0.177. The fourth-order valence-electron chi connectivity index (χ4n) is 3.13. The molecule has 30 heavy (non-hydrogen) atoms. The summed E-state index contributed by atoms with van der Waals surface area (Å²) in [7, 11) is 1.49. The molecule has 2 atom stereocenters. The molecular weight excluding hydrogens is 396 g/mol. The van der Waals surface area contributed by atoms with Crippen molar-refractivity contribution >= 4 is 23.4 Å². The molecule has 11 nitrogen and oxygen atoms in total. The molecule has 0 saturated carbocycles. The zero-order chi connectivity index (χ0) is 22.6. The van der Waals surface area contributed by atoms with Crippen LogP contribution >= 0.6 is 0 Å². The van der Waals surface area contributed by atoms with Gasteiger partial charge in [-0.25, -0.2) is 4.79 Å². The second-order valence-electron chi connectivity index (χ2n) is 7.93. The van der Waals surface area contributed by atoms with Gasteiger partial charge in [0.2, 0.25) is 0 Å². The van der Waals surface area contributed by atoms with Gasteiger partial charge in [-0.3, -0.25) is 25.0 Å². The highest BCUT2D eigenvalue weighted by Gasteiger charge is 2.33. The summed E-state index contributed by atoms with van der Waals surface area (Å²) >= 11 is 0. The maximum absolute atomic E-state index is 13.0. The van der Waals surface area contributed by atoms with Gasteiger partial charge in [0.25, 0.3) is 17.3 Å². The molecule has 2 amide bonds. The normalized spacial score (nSPS) is 18.4. The van der Waals surface area contributed by atoms with Crippen molar-refractivity contribution in [3.63, 3.8) is 0 Å². The number of nitro groups is 2. The third-order valence-electron chi connectivity index (χ3n) is 4.49. The summed E-state index contributed by atoms with van der Waals surface area (Å²) < 4.78 is 5.27. The summed E-state index contributed by atoms with van der Waals surface area (Å²) in [6.07, 6.45) is 3.99. The molecule has 11 heteroatoms. The molecule has 0 heterocycles. The lowest BCUT2D eigenvalue weighted by molar-refractivity contribution is -0.394. The second kappa shape index (κ2) is 8.89. The van der Waals surface area contributed by atoms with Gasteiger partial charge in [0.15, 0.2) is 0 Å². The molecule has 0 aromatic heterocycles. The first-order valence-electron chi connectivity index (χ1n) is 9.24. The number of likely N-dealkylation sites (N-methyl/N-ethyl adjacent to an activating group) is 1. The number of alkyl carbamates (subject to hydrolysis) is 1. The lowest BCUT2D eigenvalue weighted by Gasteiger charge is -2.36. The standard InChI is InChI=1S/C19H24N4O7/c1-19(2,3)30-18(25)20-15-7-5-6-8-16(15)21(4)17(24)12-9-13(22(26)27)11-14(10-12)23(28)29/h5-6,9-11,15-16H,7-8H2,1-4H3,(H,20,25)/t15-,16-/m0/s1. The van der Waals surface area contributed by atoms with E-state index < -0.39 is 50.9 Å². The first-order chi connectivity index (χ1) is 13.9. The molecule has 0 saturated heterocycles. The number of carbonyl (C=O) groups excluding carboxylic acids is 2. The van der Waals surface area contributed by atoms with Gasteiger partial charge in [0.1, 0.15) is 5.60 Å². The third-order valence-corrected chi connectivity index (χ3v) is 4.49. The van der Waals surface area contributed by atoms with Crippen molar-refractivity contribution in [3.8, 4) is 0 Å². The Hall–Kier alpha value is -3.50. The number of ether oxygens (including phenoxy) is 1. The van der Waals surface area contributed by atoms with Crippen LogP contribution in [0.3, 0.4) is 0 Å². The van der Waals surface area contributed by atoms with Crippen molar-refractivity contribution in [3.05, 3.63) is 56.1 Å². The number of carbonyl (C=O) groups is 2. The zero-order valence-electron chi connectivity index (χ0n) is 17.2. The Kier molecular flexibility index (Phi) is 6.75. The lowest BCUT2D eigenvalue weighted by atomic mass is 9.94. The van der Waals surface area contributed by atoms with E-state index in [4.69, 9.17) is 4.74 Å². The molecule has 162 valence electrons. The van der Waals surface area contributed by atoms with Crippen LogP contribution in [0, 0.1) is 20.2 Å².